The van der Waals surface area contributed by atoms with Crippen molar-refractivity contribution in [2.45, 2.75) is 63.5 Å². The molecule has 1 aromatic carbocycles. The lowest BCUT2D eigenvalue weighted by atomic mass is 9.83. The van der Waals surface area contributed by atoms with Crippen LogP contribution in [0.3, 0.4) is 0 Å². The molecule has 3 aromatic rings. The Balaban J connectivity index is 1.45. The number of fused-ring (bicyclic) bond motifs is 1. The summed E-state index contributed by atoms with van der Waals surface area (Å²) in [6.07, 6.45) is 3.30. The van der Waals surface area contributed by atoms with E-state index in [-0.39, 0.29) is 28.9 Å². The second-order valence-corrected chi connectivity index (χ2v) is 10.9. The van der Waals surface area contributed by atoms with E-state index >= 15 is 0 Å². The molecule has 0 unspecified atom stereocenters. The van der Waals surface area contributed by atoms with Crippen LogP contribution < -0.4 is 15.4 Å². The zero-order valence-corrected chi connectivity index (χ0v) is 22.6. The van der Waals surface area contributed by atoms with Gasteiger partial charge in [0.1, 0.15) is 34.7 Å². The quantitative estimate of drug-likeness (QED) is 0.370. The fourth-order valence-corrected chi connectivity index (χ4v) is 6.20. The second-order valence-electron chi connectivity index (χ2n) is 10.9. The van der Waals surface area contributed by atoms with Crippen LogP contribution in [0.1, 0.15) is 68.2 Å². The Morgan fingerprint density at radius 2 is 1.75 bits per heavy atom. The standard InChI is InChI=1S/C30H31F3N6O/c1-37(28-24(16-35)30(40)38(2)26-13-7-20(15-34)36-27(26)28)21-8-10-22(11-9-21)39(17-18-4-3-5-18)25-12-6-19(31)14-23(25)29(32)33/h6-7,12-14,18,21-22,29H,3-5,8-11,17H2,1-2H3/t21-,22+. The molecular weight excluding hydrogens is 517 g/mol. The highest BCUT2D eigenvalue weighted by molar-refractivity contribution is 5.92. The van der Waals surface area contributed by atoms with Crippen LogP contribution in [0.25, 0.3) is 11.0 Å². The highest BCUT2D eigenvalue weighted by Gasteiger charge is 2.34. The zero-order chi connectivity index (χ0) is 28.6. The molecule has 2 aliphatic rings. The number of nitrogens with zero attached hydrogens (tertiary/aromatic N) is 6. The molecule has 5 rings (SSSR count). The molecule has 2 saturated carbocycles. The van der Waals surface area contributed by atoms with Crippen LogP contribution in [0, 0.1) is 34.4 Å². The molecule has 10 heteroatoms. The molecule has 0 aliphatic heterocycles. The fraction of sp³-hybridized carbons (Fsp3) is 0.467. The Labute approximate surface area is 231 Å². The maximum absolute atomic E-state index is 14.0. The molecule has 208 valence electrons. The Morgan fingerprint density at radius 3 is 2.35 bits per heavy atom. The van der Waals surface area contributed by atoms with Gasteiger partial charge in [-0.05, 0) is 74.8 Å². The van der Waals surface area contributed by atoms with E-state index in [0.29, 0.717) is 60.6 Å². The van der Waals surface area contributed by atoms with E-state index in [1.165, 1.54) is 16.7 Å². The lowest BCUT2D eigenvalue weighted by molar-refractivity contribution is 0.151. The molecule has 7 nitrogen and oxygen atoms in total. The minimum Gasteiger partial charge on any atom is -0.369 e. The second kappa shape index (κ2) is 11.2. The number of aromatic nitrogens is 2. The van der Waals surface area contributed by atoms with E-state index in [1.54, 1.807) is 19.2 Å². The Morgan fingerprint density at radius 1 is 1.05 bits per heavy atom. The molecule has 2 aliphatic carbocycles. The average molecular weight is 549 g/mol. The number of aryl methyl sites for hydroxylation is 1. The first-order valence-corrected chi connectivity index (χ1v) is 13.6. The molecule has 0 bridgehead atoms. The van der Waals surface area contributed by atoms with Crippen molar-refractivity contribution in [1.82, 2.24) is 9.55 Å². The van der Waals surface area contributed by atoms with Crippen LogP contribution in [0.15, 0.2) is 35.1 Å². The maximum Gasteiger partial charge on any atom is 0.270 e. The summed E-state index contributed by atoms with van der Waals surface area (Å²) in [5.74, 6) is -0.239. The number of pyridine rings is 2. The topological polar surface area (TPSA) is 88.9 Å². The minimum absolute atomic E-state index is 0.00681. The normalized spacial score (nSPS) is 19.2. The summed E-state index contributed by atoms with van der Waals surface area (Å²) in [6, 6.07) is 10.9. The van der Waals surface area contributed by atoms with Crippen LogP contribution in [0.5, 0.6) is 0 Å². The van der Waals surface area contributed by atoms with E-state index in [4.69, 9.17) is 0 Å². The molecule has 0 saturated heterocycles. The van der Waals surface area contributed by atoms with Crippen molar-refractivity contribution in [2.24, 2.45) is 13.0 Å². The first kappa shape index (κ1) is 27.5. The van der Waals surface area contributed by atoms with Gasteiger partial charge in [-0.15, -0.1) is 0 Å². The Hall–Kier alpha value is -4.05. The third-order valence-electron chi connectivity index (χ3n) is 8.66. The number of nitriles is 2. The van der Waals surface area contributed by atoms with E-state index in [9.17, 15) is 28.5 Å². The van der Waals surface area contributed by atoms with Crippen LogP contribution in [-0.4, -0.2) is 35.2 Å². The monoisotopic (exact) mass is 548 g/mol. The number of rotatable bonds is 7. The van der Waals surface area contributed by atoms with Crippen molar-refractivity contribution < 1.29 is 13.2 Å². The van der Waals surface area contributed by atoms with Gasteiger partial charge in [0.2, 0.25) is 0 Å². The van der Waals surface area contributed by atoms with Crippen LogP contribution in [-0.2, 0) is 7.05 Å². The highest BCUT2D eigenvalue weighted by Crippen LogP contribution is 2.39. The van der Waals surface area contributed by atoms with E-state index in [2.05, 4.69) is 16.0 Å². The summed E-state index contributed by atoms with van der Waals surface area (Å²) in [5.41, 5.74) is 1.21. The average Bonchev–Trinajstić information content (AvgIpc) is 2.94. The fourth-order valence-electron chi connectivity index (χ4n) is 6.20. The van der Waals surface area contributed by atoms with Crippen molar-refractivity contribution in [3.8, 4) is 12.1 Å². The summed E-state index contributed by atoms with van der Waals surface area (Å²) in [4.78, 5) is 21.5. The number of hydrogen-bond donors (Lipinski definition) is 0. The van der Waals surface area contributed by atoms with Crippen molar-refractivity contribution in [3.05, 3.63) is 63.3 Å². The predicted octanol–water partition coefficient (Wildman–Crippen LogP) is 5.81. The molecular formula is C30H31F3N6O. The number of anilines is 2. The first-order valence-electron chi connectivity index (χ1n) is 13.6. The molecule has 0 amide bonds. The summed E-state index contributed by atoms with van der Waals surface area (Å²) >= 11 is 0. The van der Waals surface area contributed by atoms with Crippen LogP contribution in [0.4, 0.5) is 24.5 Å². The van der Waals surface area contributed by atoms with Gasteiger partial charge in [0.15, 0.2) is 0 Å². The van der Waals surface area contributed by atoms with E-state index in [0.717, 1.165) is 25.3 Å². The molecule has 2 heterocycles. The number of benzene rings is 1. The first-order chi connectivity index (χ1) is 19.2. The SMILES string of the molecule is Cn1c(=O)c(C#N)c(N(C)[C@H]2CC[C@@H](N(CC3CCC3)c3ccc(F)cc3C(F)F)CC2)c2nc(C#N)ccc21. The van der Waals surface area contributed by atoms with E-state index < -0.39 is 17.8 Å². The Kier molecular flexibility index (Phi) is 7.71. The number of hydrogen-bond acceptors (Lipinski definition) is 6. The van der Waals surface area contributed by atoms with Crippen molar-refractivity contribution >= 4 is 22.4 Å². The van der Waals surface area contributed by atoms with Crippen molar-refractivity contribution in [3.63, 3.8) is 0 Å². The Bertz CT molecular complexity index is 1560. The van der Waals surface area contributed by atoms with Gasteiger partial charge in [0.25, 0.3) is 12.0 Å². The smallest absolute Gasteiger partial charge is 0.270 e. The summed E-state index contributed by atoms with van der Waals surface area (Å²) in [5, 5.41) is 19.3. The van der Waals surface area contributed by atoms with Gasteiger partial charge >= 0.3 is 0 Å². The van der Waals surface area contributed by atoms with Gasteiger partial charge < -0.3 is 14.4 Å². The van der Waals surface area contributed by atoms with Gasteiger partial charge in [-0.1, -0.05) is 6.42 Å². The van der Waals surface area contributed by atoms with Gasteiger partial charge in [0.05, 0.1) is 11.2 Å². The highest BCUT2D eigenvalue weighted by atomic mass is 19.3. The van der Waals surface area contributed by atoms with Gasteiger partial charge in [-0.25, -0.2) is 18.2 Å². The minimum atomic E-state index is -2.78. The lowest BCUT2D eigenvalue weighted by Crippen LogP contribution is -2.46. The van der Waals surface area contributed by atoms with Crippen LogP contribution in [0.2, 0.25) is 0 Å². The molecule has 40 heavy (non-hydrogen) atoms. The lowest BCUT2D eigenvalue weighted by Gasteiger charge is -2.44. The molecule has 0 radical (unpaired) electrons. The van der Waals surface area contributed by atoms with Gasteiger partial charge in [-0.2, -0.15) is 10.5 Å². The largest absolute Gasteiger partial charge is 0.369 e. The summed E-state index contributed by atoms with van der Waals surface area (Å²) < 4.78 is 43.2. The zero-order valence-electron chi connectivity index (χ0n) is 22.6. The summed E-state index contributed by atoms with van der Waals surface area (Å²) in [6.45, 7) is 0.662. The molecule has 0 atom stereocenters. The van der Waals surface area contributed by atoms with Crippen molar-refractivity contribution in [1.29, 1.82) is 10.5 Å². The molecule has 0 N–H and O–H groups in total. The molecule has 2 aromatic heterocycles. The molecule has 0 spiro atoms. The predicted molar refractivity (Wildman–Crippen MR) is 147 cm³/mol. The third kappa shape index (κ3) is 4.99. The third-order valence-corrected chi connectivity index (χ3v) is 8.66. The number of halogens is 3. The van der Waals surface area contributed by atoms with E-state index in [1.807, 2.05) is 18.0 Å². The maximum atomic E-state index is 14.0. The van der Waals surface area contributed by atoms with Crippen molar-refractivity contribution in [2.75, 3.05) is 23.4 Å². The molecule has 2 fully saturated rings. The van der Waals surface area contributed by atoms with Gasteiger partial charge in [0, 0.05) is 44.0 Å². The number of alkyl halides is 2. The van der Waals surface area contributed by atoms with Crippen LogP contribution >= 0.6 is 0 Å². The van der Waals surface area contributed by atoms with Gasteiger partial charge in [-0.3, -0.25) is 4.79 Å². The summed E-state index contributed by atoms with van der Waals surface area (Å²) in [7, 11) is 3.41.